The molecular weight excluding hydrogens is 1410 g/mol. The topological polar surface area (TPSA) is 237 Å². The van der Waals surface area contributed by atoms with Crippen molar-refractivity contribution >= 4 is 39.5 Å². The largest absolute Gasteiger partial charge is 0.472 e. The van der Waals surface area contributed by atoms with Gasteiger partial charge in [0.15, 0.2) is 12.2 Å². The number of hydrogen-bond donors (Lipinski definition) is 3. The number of phosphoric acid groups is 2. The van der Waals surface area contributed by atoms with Crippen molar-refractivity contribution in [3.05, 3.63) is 0 Å². The van der Waals surface area contributed by atoms with Gasteiger partial charge in [0.2, 0.25) is 0 Å². The minimum absolute atomic E-state index is 0.109. The Labute approximate surface area is 670 Å². The van der Waals surface area contributed by atoms with Gasteiger partial charge in [-0.25, -0.2) is 9.13 Å². The summed E-state index contributed by atoms with van der Waals surface area (Å²) in [5, 5.41) is 10.7. The van der Waals surface area contributed by atoms with E-state index in [0.717, 1.165) is 95.8 Å². The highest BCUT2D eigenvalue weighted by Gasteiger charge is 2.31. The summed E-state index contributed by atoms with van der Waals surface area (Å²) in [7, 11) is -9.93. The highest BCUT2D eigenvalue weighted by Crippen LogP contribution is 2.45. The Balaban J connectivity index is 5.25. The molecule has 0 bridgehead atoms. The second kappa shape index (κ2) is 82.6. The average Bonchev–Trinajstić information content (AvgIpc) is 0.899. The molecular formula is C90H176O17P2. The molecule has 0 amide bonds. The van der Waals surface area contributed by atoms with Gasteiger partial charge in [-0.15, -0.1) is 0 Å². The van der Waals surface area contributed by atoms with Crippen molar-refractivity contribution < 1.29 is 80.2 Å². The van der Waals surface area contributed by atoms with E-state index < -0.39 is 97.5 Å². The van der Waals surface area contributed by atoms with Gasteiger partial charge in [-0.2, -0.15) is 0 Å². The molecule has 0 aromatic rings. The van der Waals surface area contributed by atoms with E-state index in [1.54, 1.807) is 0 Å². The van der Waals surface area contributed by atoms with E-state index in [-0.39, 0.29) is 25.7 Å². The predicted molar refractivity (Wildman–Crippen MR) is 451 cm³/mol. The molecule has 5 atom stereocenters. The zero-order chi connectivity index (χ0) is 79.7. The van der Waals surface area contributed by atoms with E-state index in [4.69, 9.17) is 37.0 Å². The third-order valence-corrected chi connectivity index (χ3v) is 23.2. The molecule has 0 aliphatic heterocycles. The van der Waals surface area contributed by atoms with Gasteiger partial charge in [-0.3, -0.25) is 37.3 Å². The minimum atomic E-state index is -4.97. The lowest BCUT2D eigenvalue weighted by Crippen LogP contribution is -2.30. The van der Waals surface area contributed by atoms with Crippen molar-refractivity contribution in [3.63, 3.8) is 0 Å². The van der Waals surface area contributed by atoms with Gasteiger partial charge in [-0.1, -0.05) is 439 Å². The average molecular weight is 1590 g/mol. The fraction of sp³-hybridized carbons (Fsp3) is 0.956. The summed E-state index contributed by atoms with van der Waals surface area (Å²) in [5.41, 5.74) is 0. The quantitative estimate of drug-likeness (QED) is 0.0222. The maximum absolute atomic E-state index is 13.2. The van der Waals surface area contributed by atoms with Crippen LogP contribution in [0.15, 0.2) is 0 Å². The monoisotopic (exact) mass is 1590 g/mol. The molecule has 0 rings (SSSR count). The van der Waals surface area contributed by atoms with E-state index in [9.17, 15) is 43.2 Å². The first-order valence-electron chi connectivity index (χ1n) is 46.6. The van der Waals surface area contributed by atoms with Crippen molar-refractivity contribution in [2.75, 3.05) is 39.6 Å². The Hall–Kier alpha value is -1.94. The number of aliphatic hydroxyl groups excluding tert-OH is 1. The summed E-state index contributed by atoms with van der Waals surface area (Å²) in [6.07, 6.45) is 77.7. The van der Waals surface area contributed by atoms with Crippen LogP contribution in [0.5, 0.6) is 0 Å². The Kier molecular flexibility index (Phi) is 81.1. The summed E-state index contributed by atoms with van der Waals surface area (Å²) in [6, 6.07) is 0. The van der Waals surface area contributed by atoms with Crippen LogP contribution in [0.25, 0.3) is 0 Å². The number of rotatable bonds is 90. The smallest absolute Gasteiger partial charge is 0.462 e. The molecule has 648 valence electrons. The predicted octanol–water partition coefficient (Wildman–Crippen LogP) is 27.9. The van der Waals surface area contributed by atoms with Crippen LogP contribution in [0.1, 0.15) is 490 Å². The van der Waals surface area contributed by atoms with Crippen molar-refractivity contribution in [2.45, 2.75) is 509 Å². The summed E-state index contributed by atoms with van der Waals surface area (Å²) >= 11 is 0. The van der Waals surface area contributed by atoms with E-state index in [2.05, 4.69) is 34.6 Å². The molecule has 0 aliphatic rings. The first kappa shape index (κ1) is 107. The molecule has 0 radical (unpaired) electrons. The number of phosphoric ester groups is 2. The number of carbonyl (C=O) groups excluding carboxylic acids is 4. The van der Waals surface area contributed by atoms with E-state index in [0.29, 0.717) is 25.7 Å². The maximum atomic E-state index is 13.2. The van der Waals surface area contributed by atoms with E-state index >= 15 is 0 Å². The zero-order valence-electron chi connectivity index (χ0n) is 71.7. The molecule has 0 aromatic heterocycles. The van der Waals surface area contributed by atoms with Crippen LogP contribution >= 0.6 is 15.6 Å². The van der Waals surface area contributed by atoms with Crippen LogP contribution in [0.3, 0.4) is 0 Å². The highest BCUT2D eigenvalue weighted by molar-refractivity contribution is 7.47. The third kappa shape index (κ3) is 83.8. The lowest BCUT2D eigenvalue weighted by atomic mass is 10.0. The Bertz CT molecular complexity index is 2070. The second-order valence-electron chi connectivity index (χ2n) is 32.8. The number of carbonyl (C=O) groups is 4. The number of aliphatic hydroxyl groups is 1. The molecule has 17 nitrogen and oxygen atoms in total. The van der Waals surface area contributed by atoms with Gasteiger partial charge in [0.05, 0.1) is 26.4 Å². The molecule has 0 spiro atoms. The first-order valence-corrected chi connectivity index (χ1v) is 49.6. The van der Waals surface area contributed by atoms with Crippen molar-refractivity contribution in [3.8, 4) is 0 Å². The number of ether oxygens (including phenoxy) is 4. The Morgan fingerprint density at radius 1 is 0.248 bits per heavy atom. The molecule has 109 heavy (non-hydrogen) atoms. The molecule has 0 aliphatic carbocycles. The summed E-state index contributed by atoms with van der Waals surface area (Å²) in [5.74, 6) is -1.28. The molecule has 0 saturated heterocycles. The summed E-state index contributed by atoms with van der Waals surface area (Å²) < 4.78 is 69.1. The second-order valence-corrected chi connectivity index (χ2v) is 35.7. The van der Waals surface area contributed by atoms with Crippen LogP contribution < -0.4 is 0 Å². The number of hydrogen-bond acceptors (Lipinski definition) is 15. The van der Waals surface area contributed by atoms with Crippen LogP contribution in [-0.2, 0) is 65.4 Å². The SMILES string of the molecule is CCCCCCCCCCCCCCCCCCCCCCCC(=O)O[C@H](COC(=O)CCCCCCCCCCCCCCCCCCC(C)C)COP(=O)(O)OC[C@@H](O)COP(=O)(O)OC[C@@H](COC(=O)CCCCCCCCCCCCCCC)OC(=O)CCCCCCCCCCCCCCCCCC. The van der Waals surface area contributed by atoms with Gasteiger partial charge in [0.25, 0.3) is 0 Å². The fourth-order valence-corrected chi connectivity index (χ4v) is 15.8. The standard InChI is InChI=1S/C90H176O17P2/c1-6-9-12-15-18-21-24-27-29-31-32-33-34-35-41-46-51-56-61-66-71-76-90(95)107-86(80-101-88(93)74-69-64-59-54-49-44-40-37-36-38-43-47-52-57-62-67-72-83(4)5)82-105-109(98,99)103-78-84(91)77-102-108(96,97)104-81-85(79-100-87(92)73-68-63-58-53-48-42-26-23-20-17-14-11-8-3)106-89(94)75-70-65-60-55-50-45-39-30-28-25-22-19-16-13-10-7-2/h83-86,91H,6-82H2,1-5H3,(H,96,97)(H,98,99)/t84-,85+,86+/m0/s1. The molecule has 0 saturated carbocycles. The number of unbranched alkanes of at least 4 members (excludes halogenated alkanes) is 62. The van der Waals surface area contributed by atoms with Crippen LogP contribution in [-0.4, -0.2) is 96.7 Å². The van der Waals surface area contributed by atoms with Crippen LogP contribution in [0.2, 0.25) is 0 Å². The van der Waals surface area contributed by atoms with E-state index in [1.807, 2.05) is 0 Å². The first-order chi connectivity index (χ1) is 53.0. The van der Waals surface area contributed by atoms with Gasteiger partial charge < -0.3 is 33.8 Å². The molecule has 0 fully saturated rings. The Morgan fingerprint density at radius 2 is 0.422 bits per heavy atom. The maximum Gasteiger partial charge on any atom is 0.472 e. The van der Waals surface area contributed by atoms with Gasteiger partial charge in [-0.05, 0) is 31.6 Å². The molecule has 3 N–H and O–H groups in total. The summed E-state index contributed by atoms with van der Waals surface area (Å²) in [6.45, 7) is 7.43. The van der Waals surface area contributed by atoms with E-state index in [1.165, 1.54) is 315 Å². The lowest BCUT2D eigenvalue weighted by molar-refractivity contribution is -0.161. The zero-order valence-corrected chi connectivity index (χ0v) is 73.5. The lowest BCUT2D eigenvalue weighted by Gasteiger charge is -2.21. The van der Waals surface area contributed by atoms with Crippen LogP contribution in [0, 0.1) is 5.92 Å². The fourth-order valence-electron chi connectivity index (χ4n) is 14.2. The molecule has 19 heteroatoms. The molecule has 0 heterocycles. The van der Waals surface area contributed by atoms with Gasteiger partial charge >= 0.3 is 39.5 Å². The van der Waals surface area contributed by atoms with Crippen LogP contribution in [0.4, 0.5) is 0 Å². The molecule has 0 aromatic carbocycles. The normalized spacial score (nSPS) is 13.7. The summed E-state index contributed by atoms with van der Waals surface area (Å²) in [4.78, 5) is 73.4. The Morgan fingerprint density at radius 3 is 0.624 bits per heavy atom. The van der Waals surface area contributed by atoms with Crippen molar-refractivity contribution in [1.82, 2.24) is 0 Å². The van der Waals surface area contributed by atoms with Gasteiger partial charge in [0, 0.05) is 25.7 Å². The third-order valence-electron chi connectivity index (χ3n) is 21.3. The highest BCUT2D eigenvalue weighted by atomic mass is 31.2. The van der Waals surface area contributed by atoms with Crippen molar-refractivity contribution in [1.29, 1.82) is 0 Å². The number of esters is 4. The minimum Gasteiger partial charge on any atom is -0.462 e. The van der Waals surface area contributed by atoms with Crippen molar-refractivity contribution in [2.24, 2.45) is 5.92 Å². The molecule has 2 unspecified atom stereocenters. The van der Waals surface area contributed by atoms with Gasteiger partial charge in [0.1, 0.15) is 19.3 Å².